The van der Waals surface area contributed by atoms with Crippen molar-refractivity contribution in [2.24, 2.45) is 0 Å². The predicted octanol–water partition coefficient (Wildman–Crippen LogP) is 5.26. The Morgan fingerprint density at radius 2 is 1.71 bits per heavy atom. The van der Waals surface area contributed by atoms with E-state index >= 15 is 0 Å². The summed E-state index contributed by atoms with van der Waals surface area (Å²) in [4.78, 5) is 22.0. The van der Waals surface area contributed by atoms with Gasteiger partial charge in [0.1, 0.15) is 5.75 Å². The zero-order valence-corrected chi connectivity index (χ0v) is 19.4. The number of hydrogen-bond donors (Lipinski definition) is 0. The van der Waals surface area contributed by atoms with Gasteiger partial charge >= 0.3 is 0 Å². The monoisotopic (exact) mass is 437 g/mol. The normalized spacial score (nSPS) is 11.0. The fourth-order valence-electron chi connectivity index (χ4n) is 3.30. The summed E-state index contributed by atoms with van der Waals surface area (Å²) in [6.45, 7) is 9.98. The SMILES string of the molecule is CCN(CC)CCCN(C(=O)COc1ccccc1)c1nc(-c2ccc(C)cc2)cs1. The van der Waals surface area contributed by atoms with Crippen LogP contribution in [0.5, 0.6) is 5.75 Å². The van der Waals surface area contributed by atoms with E-state index in [-0.39, 0.29) is 12.5 Å². The Bertz CT molecular complexity index is 937. The van der Waals surface area contributed by atoms with E-state index in [2.05, 4.69) is 49.9 Å². The van der Waals surface area contributed by atoms with Crippen LogP contribution in [0.25, 0.3) is 11.3 Å². The van der Waals surface area contributed by atoms with Gasteiger partial charge in [0.2, 0.25) is 0 Å². The Morgan fingerprint density at radius 3 is 2.39 bits per heavy atom. The number of carbonyl (C=O) groups is 1. The third-order valence-electron chi connectivity index (χ3n) is 5.23. The van der Waals surface area contributed by atoms with Crippen LogP contribution in [0.1, 0.15) is 25.8 Å². The van der Waals surface area contributed by atoms with E-state index in [1.165, 1.54) is 16.9 Å². The van der Waals surface area contributed by atoms with E-state index in [4.69, 9.17) is 9.72 Å². The van der Waals surface area contributed by atoms with Gasteiger partial charge in [-0.1, -0.05) is 61.9 Å². The van der Waals surface area contributed by atoms with Crippen LogP contribution in [0.4, 0.5) is 5.13 Å². The molecule has 31 heavy (non-hydrogen) atoms. The first kappa shape index (κ1) is 23.0. The van der Waals surface area contributed by atoms with Gasteiger partial charge in [-0.05, 0) is 45.1 Å². The third-order valence-corrected chi connectivity index (χ3v) is 6.09. The molecule has 0 aliphatic rings. The number of anilines is 1. The van der Waals surface area contributed by atoms with Crippen molar-refractivity contribution in [1.29, 1.82) is 0 Å². The van der Waals surface area contributed by atoms with Gasteiger partial charge in [0, 0.05) is 17.5 Å². The van der Waals surface area contributed by atoms with E-state index in [1.54, 1.807) is 4.90 Å². The van der Waals surface area contributed by atoms with Gasteiger partial charge in [-0.3, -0.25) is 9.69 Å². The van der Waals surface area contributed by atoms with E-state index in [0.29, 0.717) is 12.3 Å². The Kier molecular flexibility index (Phi) is 8.62. The van der Waals surface area contributed by atoms with Gasteiger partial charge in [-0.25, -0.2) is 4.98 Å². The number of hydrogen-bond acceptors (Lipinski definition) is 5. The summed E-state index contributed by atoms with van der Waals surface area (Å²) in [5.74, 6) is 0.617. The molecule has 3 aromatic rings. The second-order valence-corrected chi connectivity index (χ2v) is 8.25. The minimum absolute atomic E-state index is 0.00523. The molecule has 0 unspecified atom stereocenters. The molecule has 5 nitrogen and oxygen atoms in total. The zero-order chi connectivity index (χ0) is 22.1. The molecular formula is C25H31N3O2S. The van der Waals surface area contributed by atoms with Crippen molar-refractivity contribution >= 4 is 22.4 Å². The number of benzene rings is 2. The van der Waals surface area contributed by atoms with Gasteiger partial charge < -0.3 is 9.64 Å². The van der Waals surface area contributed by atoms with Crippen molar-refractivity contribution in [1.82, 2.24) is 9.88 Å². The smallest absolute Gasteiger partial charge is 0.266 e. The number of ether oxygens (including phenoxy) is 1. The molecule has 6 heteroatoms. The molecule has 164 valence electrons. The summed E-state index contributed by atoms with van der Waals surface area (Å²) in [5.41, 5.74) is 3.17. The predicted molar refractivity (Wildman–Crippen MR) is 129 cm³/mol. The highest BCUT2D eigenvalue weighted by Crippen LogP contribution is 2.28. The minimum Gasteiger partial charge on any atom is -0.484 e. The van der Waals surface area contributed by atoms with Gasteiger partial charge in [-0.15, -0.1) is 11.3 Å². The molecule has 1 aromatic heterocycles. The number of carbonyl (C=O) groups excluding carboxylic acids is 1. The van der Waals surface area contributed by atoms with Crippen LogP contribution >= 0.6 is 11.3 Å². The topological polar surface area (TPSA) is 45.7 Å². The van der Waals surface area contributed by atoms with Crippen molar-refractivity contribution in [2.45, 2.75) is 27.2 Å². The number of aryl methyl sites for hydroxylation is 1. The van der Waals surface area contributed by atoms with Crippen LogP contribution in [0.3, 0.4) is 0 Å². The van der Waals surface area contributed by atoms with Crippen molar-refractivity contribution < 1.29 is 9.53 Å². The fourth-order valence-corrected chi connectivity index (χ4v) is 4.18. The Hall–Kier alpha value is -2.70. The van der Waals surface area contributed by atoms with E-state index < -0.39 is 0 Å². The number of aromatic nitrogens is 1. The molecule has 0 spiro atoms. The lowest BCUT2D eigenvalue weighted by molar-refractivity contribution is -0.120. The fraction of sp³-hybridized carbons (Fsp3) is 0.360. The van der Waals surface area contributed by atoms with Crippen LogP contribution in [-0.4, -0.2) is 48.6 Å². The number of rotatable bonds is 11. The highest BCUT2D eigenvalue weighted by atomic mass is 32.1. The quantitative estimate of drug-likeness (QED) is 0.410. The third kappa shape index (κ3) is 6.64. The molecule has 0 radical (unpaired) electrons. The molecule has 0 atom stereocenters. The van der Waals surface area contributed by atoms with Crippen LogP contribution in [-0.2, 0) is 4.79 Å². The van der Waals surface area contributed by atoms with E-state index in [9.17, 15) is 4.79 Å². The maximum absolute atomic E-state index is 13.1. The average Bonchev–Trinajstić information content (AvgIpc) is 3.28. The molecule has 0 saturated carbocycles. The molecule has 0 N–H and O–H groups in total. The summed E-state index contributed by atoms with van der Waals surface area (Å²) in [5, 5.41) is 2.74. The molecule has 2 aromatic carbocycles. The van der Waals surface area contributed by atoms with Crippen LogP contribution < -0.4 is 9.64 Å². The first-order chi connectivity index (χ1) is 15.1. The van der Waals surface area contributed by atoms with Crippen LogP contribution in [0.15, 0.2) is 60.0 Å². The van der Waals surface area contributed by atoms with E-state index in [1.807, 2.05) is 35.7 Å². The van der Waals surface area contributed by atoms with Crippen LogP contribution in [0.2, 0.25) is 0 Å². The molecule has 0 fully saturated rings. The van der Waals surface area contributed by atoms with Gasteiger partial charge in [-0.2, -0.15) is 0 Å². The van der Waals surface area contributed by atoms with E-state index in [0.717, 1.165) is 42.4 Å². The number of thiazole rings is 1. The summed E-state index contributed by atoms with van der Waals surface area (Å²) in [6, 6.07) is 17.7. The number of amides is 1. The Morgan fingerprint density at radius 1 is 1.00 bits per heavy atom. The van der Waals surface area contributed by atoms with Gasteiger partial charge in [0.25, 0.3) is 5.91 Å². The van der Waals surface area contributed by atoms with Gasteiger partial charge in [0.05, 0.1) is 5.69 Å². The summed E-state index contributed by atoms with van der Waals surface area (Å²) < 4.78 is 5.72. The lowest BCUT2D eigenvalue weighted by Crippen LogP contribution is -2.37. The summed E-state index contributed by atoms with van der Waals surface area (Å²) >= 11 is 1.50. The molecular weight excluding hydrogens is 406 g/mol. The molecule has 0 saturated heterocycles. The first-order valence-electron chi connectivity index (χ1n) is 10.8. The van der Waals surface area contributed by atoms with Crippen molar-refractivity contribution in [3.63, 3.8) is 0 Å². The lowest BCUT2D eigenvalue weighted by atomic mass is 10.1. The summed E-state index contributed by atoms with van der Waals surface area (Å²) in [7, 11) is 0. The van der Waals surface area contributed by atoms with Crippen molar-refractivity contribution in [3.05, 3.63) is 65.5 Å². The second kappa shape index (κ2) is 11.6. The Labute approximate surface area is 189 Å². The molecule has 0 aliphatic carbocycles. The Balaban J connectivity index is 1.73. The molecule has 1 amide bonds. The number of nitrogens with zero attached hydrogens (tertiary/aromatic N) is 3. The van der Waals surface area contributed by atoms with Crippen LogP contribution in [0, 0.1) is 6.92 Å². The van der Waals surface area contributed by atoms with Gasteiger partial charge in [0.15, 0.2) is 11.7 Å². The number of para-hydroxylation sites is 1. The maximum atomic E-state index is 13.1. The lowest BCUT2D eigenvalue weighted by Gasteiger charge is -2.23. The molecule has 0 aliphatic heterocycles. The minimum atomic E-state index is -0.0757. The largest absolute Gasteiger partial charge is 0.484 e. The molecule has 1 heterocycles. The molecule has 3 rings (SSSR count). The highest BCUT2D eigenvalue weighted by Gasteiger charge is 2.20. The highest BCUT2D eigenvalue weighted by molar-refractivity contribution is 7.14. The zero-order valence-electron chi connectivity index (χ0n) is 18.6. The molecule has 0 bridgehead atoms. The average molecular weight is 438 g/mol. The van der Waals surface area contributed by atoms with Crippen molar-refractivity contribution in [2.75, 3.05) is 37.7 Å². The first-order valence-corrected chi connectivity index (χ1v) is 11.7. The maximum Gasteiger partial charge on any atom is 0.266 e. The second-order valence-electron chi connectivity index (χ2n) is 7.41. The van der Waals surface area contributed by atoms with Crippen molar-refractivity contribution in [3.8, 4) is 17.0 Å². The standard InChI is InChI=1S/C25H31N3O2S/c1-4-27(5-2)16-9-17-28(24(29)18-30-22-10-7-6-8-11-22)25-26-23(19-31-25)21-14-12-20(3)13-15-21/h6-8,10-15,19H,4-5,9,16-18H2,1-3H3. The summed E-state index contributed by atoms with van der Waals surface area (Å²) in [6.07, 6.45) is 0.887.